The fraction of sp³-hybridized carbons (Fsp3) is 0.444. The van der Waals surface area contributed by atoms with Crippen molar-refractivity contribution in [2.24, 2.45) is 5.73 Å². The van der Waals surface area contributed by atoms with E-state index >= 15 is 0 Å². The van der Waals surface area contributed by atoms with E-state index in [0.717, 1.165) is 5.56 Å². The molecule has 9 nitrogen and oxygen atoms in total. The Morgan fingerprint density at radius 1 is 1.19 bits per heavy atom. The third-order valence-corrected chi connectivity index (χ3v) is 4.45. The highest BCUT2D eigenvalue weighted by molar-refractivity contribution is 5.93. The van der Waals surface area contributed by atoms with Gasteiger partial charge in [0.05, 0.1) is 12.5 Å². The van der Waals surface area contributed by atoms with Gasteiger partial charge in [-0.15, -0.1) is 0 Å². The first kappa shape index (κ1) is 20.4. The van der Waals surface area contributed by atoms with Crippen LogP contribution in [0.3, 0.4) is 0 Å². The zero-order valence-electron chi connectivity index (χ0n) is 14.7. The summed E-state index contributed by atoms with van der Waals surface area (Å²) < 4.78 is 0. The first-order chi connectivity index (χ1) is 12.8. The highest BCUT2D eigenvalue weighted by Gasteiger charge is 2.37. The number of hydrogen-bond donors (Lipinski definition) is 4. The summed E-state index contributed by atoms with van der Waals surface area (Å²) in [5.74, 6) is -3.85. The monoisotopic (exact) mass is 377 g/mol. The van der Waals surface area contributed by atoms with Crippen LogP contribution in [0.4, 0.5) is 0 Å². The molecule has 5 N–H and O–H groups in total. The van der Waals surface area contributed by atoms with E-state index in [4.69, 9.17) is 15.9 Å². The topological polar surface area (TPSA) is 150 Å². The number of likely N-dealkylation sites (tertiary alicyclic amines) is 1. The Hall–Kier alpha value is -2.94. The summed E-state index contributed by atoms with van der Waals surface area (Å²) in [7, 11) is 0. The lowest BCUT2D eigenvalue weighted by molar-refractivity contribution is -0.148. The molecule has 1 saturated heterocycles. The molecule has 3 unspecified atom stereocenters. The molecule has 1 aromatic rings. The molecule has 1 aliphatic rings. The number of carbonyl (C=O) groups is 4. The van der Waals surface area contributed by atoms with Gasteiger partial charge < -0.3 is 26.2 Å². The van der Waals surface area contributed by atoms with Crippen LogP contribution in [0.1, 0.15) is 24.8 Å². The zero-order chi connectivity index (χ0) is 20.0. The number of aliphatic carboxylic acids is 2. The maximum Gasteiger partial charge on any atom is 0.326 e. The summed E-state index contributed by atoms with van der Waals surface area (Å²) >= 11 is 0. The average Bonchev–Trinajstić information content (AvgIpc) is 3.10. The molecule has 2 amide bonds. The summed E-state index contributed by atoms with van der Waals surface area (Å²) in [6, 6.07) is 6.01. The lowest BCUT2D eigenvalue weighted by Crippen LogP contribution is -2.54. The fourth-order valence-corrected chi connectivity index (χ4v) is 3.11. The van der Waals surface area contributed by atoms with Gasteiger partial charge in [0.15, 0.2) is 0 Å². The number of nitrogens with zero attached hydrogens (tertiary/aromatic N) is 1. The van der Waals surface area contributed by atoms with Gasteiger partial charge in [0.25, 0.3) is 0 Å². The minimum Gasteiger partial charge on any atom is -0.481 e. The summed E-state index contributed by atoms with van der Waals surface area (Å²) in [5.41, 5.74) is 6.91. The normalized spacial score (nSPS) is 18.6. The summed E-state index contributed by atoms with van der Waals surface area (Å²) in [5, 5.41) is 20.0. The average molecular weight is 377 g/mol. The number of nitrogens with two attached hydrogens (primary N) is 1. The third-order valence-electron chi connectivity index (χ3n) is 4.45. The summed E-state index contributed by atoms with van der Waals surface area (Å²) in [6.07, 6.45) is 0.532. The molecular formula is C18H23N3O6. The first-order valence-corrected chi connectivity index (χ1v) is 8.64. The molecule has 0 aliphatic carbocycles. The van der Waals surface area contributed by atoms with E-state index in [1.165, 1.54) is 4.90 Å². The molecule has 1 fully saturated rings. The second-order valence-electron chi connectivity index (χ2n) is 6.48. The van der Waals surface area contributed by atoms with Crippen molar-refractivity contribution < 1.29 is 29.4 Å². The molecule has 0 bridgehead atoms. The van der Waals surface area contributed by atoms with E-state index in [1.807, 2.05) is 30.3 Å². The second-order valence-corrected chi connectivity index (χ2v) is 6.48. The van der Waals surface area contributed by atoms with Crippen LogP contribution < -0.4 is 11.1 Å². The number of nitrogens with one attached hydrogen (secondary N) is 1. The van der Waals surface area contributed by atoms with Crippen molar-refractivity contribution in [1.29, 1.82) is 0 Å². The quantitative estimate of drug-likeness (QED) is 0.481. The molecule has 0 spiro atoms. The molecular weight excluding hydrogens is 354 g/mol. The predicted octanol–water partition coefficient (Wildman–Crippen LogP) is -0.408. The summed E-state index contributed by atoms with van der Waals surface area (Å²) in [4.78, 5) is 48.3. The van der Waals surface area contributed by atoms with Crippen LogP contribution in [0.5, 0.6) is 0 Å². The second kappa shape index (κ2) is 9.13. The molecule has 0 aromatic heterocycles. The van der Waals surface area contributed by atoms with Gasteiger partial charge in [-0.25, -0.2) is 4.79 Å². The van der Waals surface area contributed by atoms with Crippen molar-refractivity contribution in [3.8, 4) is 0 Å². The molecule has 0 radical (unpaired) electrons. The van der Waals surface area contributed by atoms with Crippen molar-refractivity contribution in [3.63, 3.8) is 0 Å². The van der Waals surface area contributed by atoms with E-state index in [2.05, 4.69) is 5.32 Å². The van der Waals surface area contributed by atoms with E-state index in [-0.39, 0.29) is 5.91 Å². The minimum atomic E-state index is -1.55. The van der Waals surface area contributed by atoms with Gasteiger partial charge in [-0.3, -0.25) is 14.4 Å². The van der Waals surface area contributed by atoms with Gasteiger partial charge in [0, 0.05) is 6.54 Å². The van der Waals surface area contributed by atoms with Crippen LogP contribution in [-0.2, 0) is 25.6 Å². The molecule has 2 rings (SSSR count). The van der Waals surface area contributed by atoms with Crippen molar-refractivity contribution in [1.82, 2.24) is 10.2 Å². The number of carbonyl (C=O) groups excluding carboxylic acids is 2. The molecule has 3 atom stereocenters. The van der Waals surface area contributed by atoms with E-state index in [1.54, 1.807) is 0 Å². The van der Waals surface area contributed by atoms with Gasteiger partial charge in [-0.1, -0.05) is 30.3 Å². The smallest absolute Gasteiger partial charge is 0.326 e. The van der Waals surface area contributed by atoms with Crippen molar-refractivity contribution >= 4 is 23.8 Å². The molecule has 9 heteroatoms. The van der Waals surface area contributed by atoms with E-state index < -0.39 is 42.4 Å². The molecule has 1 heterocycles. The number of carboxylic acid groups (broad SMARTS) is 2. The number of carboxylic acids is 2. The first-order valence-electron chi connectivity index (χ1n) is 8.64. The Bertz CT molecular complexity index is 708. The number of benzene rings is 1. The van der Waals surface area contributed by atoms with Crippen molar-refractivity contribution in [3.05, 3.63) is 35.9 Å². The summed E-state index contributed by atoms with van der Waals surface area (Å²) in [6.45, 7) is 0.343. The number of hydrogen-bond acceptors (Lipinski definition) is 5. The van der Waals surface area contributed by atoms with E-state index in [0.29, 0.717) is 25.8 Å². The standard InChI is InChI=1S/C18H23N3O6/c19-12(9-11-5-2-1-3-6-11)17(25)21-8-4-7-14(21)16(24)20-13(18(26)27)10-15(22)23/h1-3,5-6,12-14H,4,7-10,19H2,(H,20,24)(H,22,23)(H,26,27). The van der Waals surface area contributed by atoms with Gasteiger partial charge >= 0.3 is 11.9 Å². The van der Waals surface area contributed by atoms with Crippen molar-refractivity contribution in [2.45, 2.75) is 43.8 Å². The van der Waals surface area contributed by atoms with Crippen LogP contribution >= 0.6 is 0 Å². The Balaban J connectivity index is 2.02. The highest BCUT2D eigenvalue weighted by Crippen LogP contribution is 2.19. The SMILES string of the molecule is NC(Cc1ccccc1)C(=O)N1CCCC1C(=O)NC(CC(=O)O)C(=O)O. The fourth-order valence-electron chi connectivity index (χ4n) is 3.11. The molecule has 146 valence electrons. The maximum absolute atomic E-state index is 12.7. The van der Waals surface area contributed by atoms with Crippen LogP contribution in [-0.4, -0.2) is 63.5 Å². The van der Waals surface area contributed by atoms with Crippen LogP contribution in [0, 0.1) is 0 Å². The van der Waals surface area contributed by atoms with Gasteiger partial charge in [0.2, 0.25) is 11.8 Å². The minimum absolute atomic E-state index is 0.321. The lowest BCUT2D eigenvalue weighted by atomic mass is 10.0. The van der Waals surface area contributed by atoms with Gasteiger partial charge in [-0.2, -0.15) is 0 Å². The molecule has 0 saturated carbocycles. The van der Waals surface area contributed by atoms with Gasteiger partial charge in [0.1, 0.15) is 12.1 Å². The lowest BCUT2D eigenvalue weighted by Gasteiger charge is -2.27. The maximum atomic E-state index is 12.7. The Kier molecular flexibility index (Phi) is 6.89. The Morgan fingerprint density at radius 2 is 1.85 bits per heavy atom. The van der Waals surface area contributed by atoms with Crippen molar-refractivity contribution in [2.75, 3.05) is 6.54 Å². The van der Waals surface area contributed by atoms with E-state index in [9.17, 15) is 19.2 Å². The largest absolute Gasteiger partial charge is 0.481 e. The van der Waals surface area contributed by atoms with Gasteiger partial charge in [-0.05, 0) is 24.8 Å². The molecule has 1 aliphatic heterocycles. The predicted molar refractivity (Wildman–Crippen MR) is 94.7 cm³/mol. The zero-order valence-corrected chi connectivity index (χ0v) is 14.7. The molecule has 27 heavy (non-hydrogen) atoms. The Labute approximate surface area is 156 Å². The number of rotatable bonds is 8. The third kappa shape index (κ3) is 5.52. The highest BCUT2D eigenvalue weighted by atomic mass is 16.4. The molecule has 1 aromatic carbocycles. The van der Waals surface area contributed by atoms with Crippen LogP contribution in [0.25, 0.3) is 0 Å². The number of amides is 2. The van der Waals surface area contributed by atoms with Crippen LogP contribution in [0.15, 0.2) is 30.3 Å². The Morgan fingerprint density at radius 3 is 2.44 bits per heavy atom. The van der Waals surface area contributed by atoms with Crippen LogP contribution in [0.2, 0.25) is 0 Å².